The van der Waals surface area contributed by atoms with Crippen molar-refractivity contribution in [3.05, 3.63) is 29.3 Å². The van der Waals surface area contributed by atoms with Gasteiger partial charge in [-0.25, -0.2) is 4.79 Å². The van der Waals surface area contributed by atoms with Crippen LogP contribution in [0.5, 0.6) is 0 Å². The highest BCUT2D eigenvalue weighted by Gasteiger charge is 2.38. The van der Waals surface area contributed by atoms with Crippen LogP contribution in [-0.2, 0) is 0 Å². The first-order valence-electron chi connectivity index (χ1n) is 9.82. The molecule has 1 aromatic rings. The number of hydrogen-bond acceptors (Lipinski definition) is 2. The fourth-order valence-corrected chi connectivity index (χ4v) is 4.72. The molecule has 1 aromatic carbocycles. The molecule has 3 rings (SSSR count). The van der Waals surface area contributed by atoms with Crippen LogP contribution < -0.4 is 10.6 Å². The Labute approximate surface area is 152 Å². The third-order valence-electron chi connectivity index (χ3n) is 5.52. The Morgan fingerprint density at radius 2 is 1.72 bits per heavy atom. The summed E-state index contributed by atoms with van der Waals surface area (Å²) in [5.41, 5.74) is 3.23. The molecule has 0 aliphatic carbocycles. The first-order chi connectivity index (χ1) is 11.9. The highest BCUT2D eigenvalue weighted by atomic mass is 16.2. The molecular formula is C21H33N3O. The van der Waals surface area contributed by atoms with Crippen LogP contribution in [0, 0.1) is 19.8 Å². The molecule has 0 aromatic heterocycles. The summed E-state index contributed by atoms with van der Waals surface area (Å²) in [4.78, 5) is 15.2. The molecule has 1 unspecified atom stereocenters. The number of carbonyl (C=O) groups is 1. The fraction of sp³-hybridized carbons (Fsp3) is 0.667. The normalized spacial score (nSPS) is 26.5. The third-order valence-corrected chi connectivity index (χ3v) is 5.52. The smallest absolute Gasteiger partial charge is 0.319 e. The van der Waals surface area contributed by atoms with Crippen LogP contribution in [0.4, 0.5) is 10.5 Å². The van der Waals surface area contributed by atoms with Crippen molar-refractivity contribution in [3.8, 4) is 0 Å². The van der Waals surface area contributed by atoms with Crippen LogP contribution in [0.15, 0.2) is 18.2 Å². The molecule has 2 saturated heterocycles. The molecule has 0 spiro atoms. The minimum Gasteiger partial charge on any atom is -0.335 e. The summed E-state index contributed by atoms with van der Waals surface area (Å²) in [6.45, 7) is 9.91. The van der Waals surface area contributed by atoms with Crippen LogP contribution >= 0.6 is 0 Å². The summed E-state index contributed by atoms with van der Waals surface area (Å²) >= 11 is 0. The molecule has 2 aliphatic heterocycles. The number of benzene rings is 1. The molecular weight excluding hydrogens is 310 g/mol. The predicted octanol–water partition coefficient (Wildman–Crippen LogP) is 4.47. The Hall–Kier alpha value is -1.55. The molecule has 2 aliphatic rings. The monoisotopic (exact) mass is 343 g/mol. The average Bonchev–Trinajstić information content (AvgIpc) is 2.46. The van der Waals surface area contributed by atoms with Crippen molar-refractivity contribution in [1.29, 1.82) is 0 Å². The van der Waals surface area contributed by atoms with E-state index < -0.39 is 0 Å². The van der Waals surface area contributed by atoms with Crippen LogP contribution in [0.1, 0.15) is 57.1 Å². The molecule has 2 heterocycles. The van der Waals surface area contributed by atoms with Crippen LogP contribution in [-0.4, -0.2) is 35.6 Å². The molecule has 2 N–H and O–H groups in total. The molecule has 0 radical (unpaired) electrons. The summed E-state index contributed by atoms with van der Waals surface area (Å²) in [5.74, 6) is 0.709. The average molecular weight is 344 g/mol. The molecule has 2 bridgehead atoms. The Balaban J connectivity index is 1.57. The summed E-state index contributed by atoms with van der Waals surface area (Å²) in [5, 5.41) is 6.25. The second-order valence-corrected chi connectivity index (χ2v) is 8.47. The third kappa shape index (κ3) is 4.75. The number of aryl methyl sites for hydroxylation is 2. The van der Waals surface area contributed by atoms with Crippen molar-refractivity contribution in [1.82, 2.24) is 10.2 Å². The van der Waals surface area contributed by atoms with Gasteiger partial charge < -0.3 is 10.6 Å². The van der Waals surface area contributed by atoms with Gasteiger partial charge in [-0.05, 0) is 68.7 Å². The molecule has 3 atom stereocenters. The summed E-state index contributed by atoms with van der Waals surface area (Å²) in [7, 11) is 0. The standard InChI is InChI=1S/C21H33N3O/c1-14(2)13-24-19-6-5-7-20(24)12-18(11-19)23-21(25)22-17-9-15(3)8-16(4)10-17/h8-10,14,18-20H,5-7,11-13H2,1-4H3,(H2,22,23,25)/t18?,19-,20+. The van der Waals surface area contributed by atoms with E-state index in [0.29, 0.717) is 24.0 Å². The second-order valence-electron chi connectivity index (χ2n) is 8.47. The molecule has 138 valence electrons. The van der Waals surface area contributed by atoms with E-state index in [1.807, 2.05) is 12.1 Å². The van der Waals surface area contributed by atoms with Gasteiger partial charge in [0.2, 0.25) is 0 Å². The zero-order valence-corrected chi connectivity index (χ0v) is 16.1. The topological polar surface area (TPSA) is 44.4 Å². The van der Waals surface area contributed by atoms with Gasteiger partial charge in [0.15, 0.2) is 0 Å². The number of rotatable bonds is 4. The van der Waals surface area contributed by atoms with Crippen molar-refractivity contribution in [2.75, 3.05) is 11.9 Å². The molecule has 2 fully saturated rings. The van der Waals surface area contributed by atoms with Crippen molar-refractivity contribution >= 4 is 11.7 Å². The van der Waals surface area contributed by atoms with Crippen LogP contribution in [0.3, 0.4) is 0 Å². The van der Waals surface area contributed by atoms with Gasteiger partial charge in [-0.3, -0.25) is 4.90 Å². The summed E-state index contributed by atoms with van der Waals surface area (Å²) in [6.07, 6.45) is 6.07. The summed E-state index contributed by atoms with van der Waals surface area (Å²) < 4.78 is 0. The van der Waals surface area contributed by atoms with Crippen molar-refractivity contribution in [2.24, 2.45) is 5.92 Å². The van der Waals surface area contributed by atoms with E-state index in [0.717, 1.165) is 18.5 Å². The van der Waals surface area contributed by atoms with Gasteiger partial charge in [-0.15, -0.1) is 0 Å². The first-order valence-corrected chi connectivity index (χ1v) is 9.82. The van der Waals surface area contributed by atoms with Gasteiger partial charge in [-0.1, -0.05) is 26.3 Å². The molecule has 4 heteroatoms. The highest BCUT2D eigenvalue weighted by molar-refractivity contribution is 5.89. The first kappa shape index (κ1) is 18.2. The molecule has 4 nitrogen and oxygen atoms in total. The van der Waals surface area contributed by atoms with Crippen LogP contribution in [0.2, 0.25) is 0 Å². The summed E-state index contributed by atoms with van der Waals surface area (Å²) in [6, 6.07) is 7.67. The number of amides is 2. The largest absolute Gasteiger partial charge is 0.335 e. The van der Waals surface area contributed by atoms with E-state index in [4.69, 9.17) is 0 Å². The number of piperidine rings is 2. The predicted molar refractivity (Wildman–Crippen MR) is 104 cm³/mol. The van der Waals surface area contributed by atoms with Crippen molar-refractivity contribution in [2.45, 2.75) is 77.9 Å². The van der Waals surface area contributed by atoms with E-state index in [1.165, 1.54) is 36.9 Å². The van der Waals surface area contributed by atoms with E-state index in [-0.39, 0.29) is 6.03 Å². The minimum absolute atomic E-state index is 0.0645. The van der Waals surface area contributed by atoms with Crippen molar-refractivity contribution < 1.29 is 4.79 Å². The maximum absolute atomic E-state index is 12.4. The zero-order valence-electron chi connectivity index (χ0n) is 16.1. The van der Waals surface area contributed by atoms with E-state index in [1.54, 1.807) is 0 Å². The number of urea groups is 1. The lowest BCUT2D eigenvalue weighted by Gasteiger charge is -2.49. The second kappa shape index (κ2) is 7.77. The lowest BCUT2D eigenvalue weighted by Crippen LogP contribution is -2.58. The number of carbonyl (C=O) groups excluding carboxylic acids is 1. The molecule has 25 heavy (non-hydrogen) atoms. The van der Waals surface area contributed by atoms with Gasteiger partial charge in [0.1, 0.15) is 0 Å². The number of hydrogen-bond donors (Lipinski definition) is 2. The van der Waals surface area contributed by atoms with Crippen molar-refractivity contribution in [3.63, 3.8) is 0 Å². The highest BCUT2D eigenvalue weighted by Crippen LogP contribution is 2.34. The lowest BCUT2D eigenvalue weighted by molar-refractivity contribution is 0.0180. The van der Waals surface area contributed by atoms with Gasteiger partial charge >= 0.3 is 6.03 Å². The number of nitrogens with one attached hydrogen (secondary N) is 2. The van der Waals surface area contributed by atoms with Gasteiger partial charge in [0.25, 0.3) is 0 Å². The minimum atomic E-state index is -0.0645. The number of fused-ring (bicyclic) bond motifs is 2. The van der Waals surface area contributed by atoms with Gasteiger partial charge in [0.05, 0.1) is 0 Å². The number of anilines is 1. The maximum Gasteiger partial charge on any atom is 0.319 e. The SMILES string of the molecule is Cc1cc(C)cc(NC(=O)NC2C[C@H]3CCC[C@@H](C2)N3CC(C)C)c1. The number of nitrogens with zero attached hydrogens (tertiary/aromatic N) is 1. The quantitative estimate of drug-likeness (QED) is 0.847. The van der Waals surface area contributed by atoms with E-state index in [9.17, 15) is 4.79 Å². The van der Waals surface area contributed by atoms with E-state index in [2.05, 4.69) is 49.3 Å². The van der Waals surface area contributed by atoms with Crippen LogP contribution in [0.25, 0.3) is 0 Å². The molecule has 2 amide bonds. The Bertz CT molecular complexity index is 579. The Morgan fingerprint density at radius 3 is 2.28 bits per heavy atom. The van der Waals surface area contributed by atoms with Gasteiger partial charge in [-0.2, -0.15) is 0 Å². The zero-order chi connectivity index (χ0) is 18.0. The molecule has 0 saturated carbocycles. The fourth-order valence-electron chi connectivity index (χ4n) is 4.72. The maximum atomic E-state index is 12.4. The van der Waals surface area contributed by atoms with E-state index >= 15 is 0 Å². The Morgan fingerprint density at radius 1 is 1.12 bits per heavy atom. The lowest BCUT2D eigenvalue weighted by atomic mass is 9.81. The Kier molecular flexibility index (Phi) is 5.67. The van der Waals surface area contributed by atoms with Gasteiger partial charge in [0, 0.05) is 30.4 Å².